The predicted molar refractivity (Wildman–Crippen MR) is 48.8 cm³/mol. The van der Waals surface area contributed by atoms with Gasteiger partial charge in [0.15, 0.2) is 0 Å². The molecule has 14 heavy (non-hydrogen) atoms. The van der Waals surface area contributed by atoms with E-state index in [9.17, 15) is 9.90 Å². The monoisotopic (exact) mass is 190 g/mol. The number of carboxylic acid groups (broad SMARTS) is 1. The van der Waals surface area contributed by atoms with E-state index in [2.05, 4.69) is 0 Å². The molecule has 0 bridgehead atoms. The van der Waals surface area contributed by atoms with E-state index < -0.39 is 17.5 Å². The molecule has 1 aromatic rings. The Morgan fingerprint density at radius 2 is 2.00 bits per heavy atom. The number of aliphatic carboxylic acids is 1. The van der Waals surface area contributed by atoms with E-state index in [4.69, 9.17) is 5.11 Å². The molecule has 0 amide bonds. The molecule has 0 aliphatic heterocycles. The first-order valence-corrected chi connectivity index (χ1v) is 4.68. The standard InChI is InChI=1S/C11H10O3/c12-9-7-4-2-1-3-6(7)8-5-11(8,9)10(13)14/h1-4,8-9,12H,5H2,(H,13,14). The summed E-state index contributed by atoms with van der Waals surface area (Å²) in [6, 6.07) is 7.46. The molecule has 2 aliphatic carbocycles. The minimum Gasteiger partial charge on any atom is -0.481 e. The van der Waals surface area contributed by atoms with Crippen LogP contribution in [0.4, 0.5) is 0 Å². The van der Waals surface area contributed by atoms with Gasteiger partial charge in [-0.1, -0.05) is 24.3 Å². The van der Waals surface area contributed by atoms with Crippen LogP contribution in [0.5, 0.6) is 0 Å². The van der Waals surface area contributed by atoms with Crippen molar-refractivity contribution >= 4 is 5.97 Å². The summed E-state index contributed by atoms with van der Waals surface area (Å²) in [5, 5.41) is 19.0. The molecule has 3 atom stereocenters. The van der Waals surface area contributed by atoms with E-state index in [1.807, 2.05) is 24.3 Å². The van der Waals surface area contributed by atoms with E-state index in [1.54, 1.807) is 0 Å². The fraction of sp³-hybridized carbons (Fsp3) is 0.364. The molecule has 3 heteroatoms. The van der Waals surface area contributed by atoms with Crippen LogP contribution in [0.1, 0.15) is 29.6 Å². The normalized spacial score (nSPS) is 37.5. The zero-order chi connectivity index (χ0) is 9.92. The van der Waals surface area contributed by atoms with Crippen molar-refractivity contribution in [1.29, 1.82) is 0 Å². The van der Waals surface area contributed by atoms with E-state index in [-0.39, 0.29) is 5.92 Å². The summed E-state index contributed by atoms with van der Waals surface area (Å²) in [6.07, 6.45) is -0.234. The fourth-order valence-corrected chi connectivity index (χ4v) is 2.68. The summed E-state index contributed by atoms with van der Waals surface area (Å²) in [6.45, 7) is 0. The molecule has 2 N–H and O–H groups in total. The number of aliphatic hydroxyl groups is 1. The van der Waals surface area contributed by atoms with Crippen LogP contribution >= 0.6 is 0 Å². The molecule has 1 fully saturated rings. The van der Waals surface area contributed by atoms with Crippen molar-refractivity contribution in [3.8, 4) is 0 Å². The van der Waals surface area contributed by atoms with Crippen LogP contribution in [0.3, 0.4) is 0 Å². The van der Waals surface area contributed by atoms with E-state index in [0.717, 1.165) is 11.1 Å². The summed E-state index contributed by atoms with van der Waals surface area (Å²) in [5.74, 6) is -0.836. The Balaban J connectivity index is 2.16. The number of benzene rings is 1. The maximum absolute atomic E-state index is 11.1. The highest BCUT2D eigenvalue weighted by molar-refractivity contribution is 5.84. The summed E-state index contributed by atoms with van der Waals surface area (Å²) in [5.41, 5.74) is 0.914. The zero-order valence-electron chi connectivity index (χ0n) is 7.47. The van der Waals surface area contributed by atoms with Crippen LogP contribution in [-0.2, 0) is 4.79 Å². The second kappa shape index (κ2) is 2.17. The lowest BCUT2D eigenvalue weighted by molar-refractivity contribution is -0.148. The largest absolute Gasteiger partial charge is 0.481 e. The molecule has 0 radical (unpaired) electrons. The van der Waals surface area contributed by atoms with Gasteiger partial charge in [-0.05, 0) is 17.5 Å². The van der Waals surface area contributed by atoms with Gasteiger partial charge in [0.2, 0.25) is 0 Å². The molecule has 3 rings (SSSR count). The number of hydrogen-bond acceptors (Lipinski definition) is 2. The van der Waals surface area contributed by atoms with Gasteiger partial charge in [0.25, 0.3) is 0 Å². The Labute approximate surface area is 81.0 Å². The van der Waals surface area contributed by atoms with Crippen molar-refractivity contribution in [3.05, 3.63) is 35.4 Å². The van der Waals surface area contributed by atoms with Crippen LogP contribution in [0.15, 0.2) is 24.3 Å². The number of fused-ring (bicyclic) bond motifs is 3. The van der Waals surface area contributed by atoms with Gasteiger partial charge < -0.3 is 10.2 Å². The minimum atomic E-state index is -0.899. The van der Waals surface area contributed by atoms with Gasteiger partial charge in [-0.25, -0.2) is 0 Å². The van der Waals surface area contributed by atoms with Gasteiger partial charge in [-0.15, -0.1) is 0 Å². The quantitative estimate of drug-likeness (QED) is 0.701. The van der Waals surface area contributed by atoms with Crippen LogP contribution in [-0.4, -0.2) is 16.2 Å². The fourth-order valence-electron chi connectivity index (χ4n) is 2.68. The highest BCUT2D eigenvalue weighted by Gasteiger charge is 2.70. The second-order valence-corrected chi connectivity index (χ2v) is 4.13. The number of aliphatic hydroxyl groups excluding tert-OH is 1. The number of hydrogen-bond donors (Lipinski definition) is 2. The van der Waals surface area contributed by atoms with E-state index >= 15 is 0 Å². The molecular formula is C11H10O3. The Kier molecular flexibility index (Phi) is 1.24. The van der Waals surface area contributed by atoms with E-state index in [0.29, 0.717) is 6.42 Å². The molecule has 0 spiro atoms. The topological polar surface area (TPSA) is 57.5 Å². The number of carbonyl (C=O) groups is 1. The minimum absolute atomic E-state index is 0.0335. The third kappa shape index (κ3) is 0.664. The summed E-state index contributed by atoms with van der Waals surface area (Å²) in [7, 11) is 0. The maximum atomic E-state index is 11.1. The lowest BCUT2D eigenvalue weighted by Gasteiger charge is -2.13. The molecule has 3 nitrogen and oxygen atoms in total. The predicted octanol–water partition coefficient (Wildman–Crippen LogP) is 1.29. The van der Waals surface area contributed by atoms with Gasteiger partial charge in [0, 0.05) is 5.92 Å². The van der Waals surface area contributed by atoms with Gasteiger partial charge in [0.1, 0.15) is 5.41 Å². The smallest absolute Gasteiger partial charge is 0.313 e. The molecule has 72 valence electrons. The third-order valence-electron chi connectivity index (χ3n) is 3.56. The summed E-state index contributed by atoms with van der Waals surface area (Å²) in [4.78, 5) is 11.1. The molecule has 0 heterocycles. The maximum Gasteiger partial charge on any atom is 0.313 e. The Morgan fingerprint density at radius 3 is 2.57 bits per heavy atom. The first-order chi connectivity index (χ1) is 6.68. The summed E-state index contributed by atoms with van der Waals surface area (Å²) >= 11 is 0. The van der Waals surface area contributed by atoms with Gasteiger partial charge in [-0.3, -0.25) is 4.79 Å². The first kappa shape index (κ1) is 8.00. The van der Waals surface area contributed by atoms with Crippen LogP contribution < -0.4 is 0 Å². The van der Waals surface area contributed by atoms with Gasteiger partial charge in [0.05, 0.1) is 6.10 Å². The average molecular weight is 190 g/mol. The highest BCUT2D eigenvalue weighted by atomic mass is 16.4. The Morgan fingerprint density at radius 1 is 1.36 bits per heavy atom. The molecule has 1 aromatic carbocycles. The Hall–Kier alpha value is -1.35. The summed E-state index contributed by atoms with van der Waals surface area (Å²) < 4.78 is 0. The first-order valence-electron chi connectivity index (χ1n) is 4.68. The number of rotatable bonds is 1. The average Bonchev–Trinajstić information content (AvgIpc) is 2.88. The zero-order valence-corrected chi connectivity index (χ0v) is 7.47. The Bertz CT molecular complexity index is 411. The second-order valence-electron chi connectivity index (χ2n) is 4.13. The molecule has 3 unspecified atom stereocenters. The van der Waals surface area contributed by atoms with Gasteiger partial charge >= 0.3 is 5.97 Å². The molecule has 0 saturated heterocycles. The molecule has 1 saturated carbocycles. The van der Waals surface area contributed by atoms with Crippen molar-refractivity contribution in [2.45, 2.75) is 18.4 Å². The van der Waals surface area contributed by atoms with Crippen LogP contribution in [0.25, 0.3) is 0 Å². The van der Waals surface area contributed by atoms with Gasteiger partial charge in [-0.2, -0.15) is 0 Å². The lowest BCUT2D eigenvalue weighted by Crippen LogP contribution is -2.21. The molecule has 0 aromatic heterocycles. The van der Waals surface area contributed by atoms with Crippen molar-refractivity contribution in [1.82, 2.24) is 0 Å². The van der Waals surface area contributed by atoms with Crippen molar-refractivity contribution in [2.75, 3.05) is 0 Å². The molecule has 2 aliphatic rings. The van der Waals surface area contributed by atoms with E-state index in [1.165, 1.54) is 0 Å². The highest BCUT2D eigenvalue weighted by Crippen LogP contribution is 2.71. The van der Waals surface area contributed by atoms with Crippen molar-refractivity contribution in [2.24, 2.45) is 5.41 Å². The van der Waals surface area contributed by atoms with Crippen molar-refractivity contribution < 1.29 is 15.0 Å². The van der Waals surface area contributed by atoms with Crippen LogP contribution in [0.2, 0.25) is 0 Å². The lowest BCUT2D eigenvalue weighted by atomic mass is 9.97. The van der Waals surface area contributed by atoms with Crippen molar-refractivity contribution in [3.63, 3.8) is 0 Å². The SMILES string of the molecule is O=C(O)C12CC1c1ccccc1C2O. The molecular weight excluding hydrogens is 180 g/mol. The third-order valence-corrected chi connectivity index (χ3v) is 3.56. The number of carboxylic acids is 1. The van der Waals surface area contributed by atoms with Crippen LogP contribution in [0, 0.1) is 5.41 Å².